The van der Waals surface area contributed by atoms with Gasteiger partial charge in [0, 0.05) is 0 Å². The number of hydrogen-bond acceptors (Lipinski definition) is 2. The Morgan fingerprint density at radius 1 is 0.800 bits per heavy atom. The van der Waals surface area contributed by atoms with Gasteiger partial charge in [-0.05, 0) is 24.3 Å². The highest BCUT2D eigenvalue weighted by Gasteiger charge is 2.09. The minimum atomic E-state index is -1.07. The van der Waals surface area contributed by atoms with Gasteiger partial charge in [-0.3, -0.25) is 0 Å². The third-order valence-electron chi connectivity index (χ3n) is 2.20. The summed E-state index contributed by atoms with van der Waals surface area (Å²) in [5.74, 6) is -1.95. The Hall–Kier alpha value is -2.04. The quantitative estimate of drug-likeness (QED) is 0.876. The minimum Gasteiger partial charge on any atom is -0.478 e. The lowest BCUT2D eigenvalue weighted by Gasteiger charge is -1.98. The molecule has 0 atom stereocenters. The molecule has 0 aliphatic heterocycles. The van der Waals surface area contributed by atoms with Crippen LogP contribution in [0.5, 0.6) is 0 Å². The van der Waals surface area contributed by atoms with E-state index in [2.05, 4.69) is 0 Å². The Morgan fingerprint density at radius 2 is 1.40 bits per heavy atom. The number of carboxylic acids is 2. The molecule has 20 heavy (non-hydrogen) atoms. The lowest BCUT2D eigenvalue weighted by Crippen LogP contribution is -1.96. The summed E-state index contributed by atoms with van der Waals surface area (Å²) in [4.78, 5) is 20.6. The third-order valence-corrected chi connectivity index (χ3v) is 3.02. The van der Waals surface area contributed by atoms with E-state index in [1.54, 1.807) is 30.3 Å². The van der Waals surface area contributed by atoms with Gasteiger partial charge < -0.3 is 10.2 Å². The zero-order valence-corrected chi connectivity index (χ0v) is 11.6. The van der Waals surface area contributed by atoms with Crippen molar-refractivity contribution in [2.45, 2.75) is 0 Å². The summed E-state index contributed by atoms with van der Waals surface area (Å²) in [6.07, 6.45) is 0. The Kier molecular flexibility index (Phi) is 6.03. The third kappa shape index (κ3) is 4.57. The van der Waals surface area contributed by atoms with E-state index >= 15 is 0 Å². The fourth-order valence-electron chi connectivity index (χ4n) is 1.25. The van der Waals surface area contributed by atoms with Crippen LogP contribution < -0.4 is 0 Å². The van der Waals surface area contributed by atoms with E-state index in [1.807, 2.05) is 0 Å². The number of halogens is 2. The van der Waals surface area contributed by atoms with Gasteiger partial charge in [0.1, 0.15) is 0 Å². The Labute approximate surface area is 125 Å². The van der Waals surface area contributed by atoms with Gasteiger partial charge >= 0.3 is 11.9 Å². The highest BCUT2D eigenvalue weighted by Crippen LogP contribution is 2.25. The summed E-state index contributed by atoms with van der Waals surface area (Å²) in [6.45, 7) is 0. The fraction of sp³-hybridized carbons (Fsp3) is 0. The van der Waals surface area contributed by atoms with Crippen LogP contribution in [0.4, 0.5) is 0 Å². The van der Waals surface area contributed by atoms with Crippen LogP contribution in [0.2, 0.25) is 10.0 Å². The highest BCUT2D eigenvalue weighted by molar-refractivity contribution is 6.43. The van der Waals surface area contributed by atoms with Gasteiger partial charge in [-0.15, -0.1) is 0 Å². The standard InChI is InChI=1S/C7H4Cl2O2.C7H6O2/c8-5-3-1-2-4(6(5)9)7(10)11;8-7(9)6-4-2-1-3-5-6/h1-3H,(H,10,11);1-5H,(H,8,9). The van der Waals surface area contributed by atoms with E-state index in [1.165, 1.54) is 18.2 Å². The van der Waals surface area contributed by atoms with E-state index < -0.39 is 11.9 Å². The zero-order valence-electron chi connectivity index (χ0n) is 10.1. The minimum absolute atomic E-state index is 0.0270. The first-order valence-corrected chi connectivity index (χ1v) is 6.14. The molecule has 2 aromatic carbocycles. The van der Waals surface area contributed by atoms with Crippen molar-refractivity contribution in [2.75, 3.05) is 0 Å². The van der Waals surface area contributed by atoms with Gasteiger partial charge in [-0.25, -0.2) is 9.59 Å². The molecule has 2 rings (SSSR count). The van der Waals surface area contributed by atoms with Gasteiger partial charge in [0.05, 0.1) is 21.2 Å². The summed E-state index contributed by atoms with van der Waals surface area (Å²) >= 11 is 11.1. The van der Waals surface area contributed by atoms with Crippen molar-refractivity contribution in [3.63, 3.8) is 0 Å². The Balaban J connectivity index is 0.000000204. The number of hydrogen-bond donors (Lipinski definition) is 2. The second-order valence-corrected chi connectivity index (χ2v) is 4.36. The van der Waals surface area contributed by atoms with Gasteiger partial charge in [0.25, 0.3) is 0 Å². The summed E-state index contributed by atoms with van der Waals surface area (Å²) in [5, 5.41) is 17.3. The summed E-state index contributed by atoms with van der Waals surface area (Å²) in [6, 6.07) is 12.8. The van der Waals surface area contributed by atoms with Crippen molar-refractivity contribution in [3.8, 4) is 0 Å². The molecule has 6 heteroatoms. The molecular formula is C14H10Cl2O4. The van der Waals surface area contributed by atoms with E-state index in [-0.39, 0.29) is 15.6 Å². The summed E-state index contributed by atoms with van der Waals surface area (Å²) < 4.78 is 0. The molecule has 0 heterocycles. The molecule has 0 spiro atoms. The molecule has 2 aromatic rings. The molecular weight excluding hydrogens is 303 g/mol. The first-order valence-electron chi connectivity index (χ1n) is 5.39. The number of benzene rings is 2. The predicted molar refractivity (Wildman–Crippen MR) is 76.8 cm³/mol. The summed E-state index contributed by atoms with van der Waals surface area (Å²) in [5.41, 5.74) is 0.358. The molecule has 0 aliphatic carbocycles. The lowest BCUT2D eigenvalue weighted by atomic mass is 10.2. The maximum absolute atomic E-state index is 10.4. The van der Waals surface area contributed by atoms with Crippen LogP contribution in [-0.2, 0) is 0 Å². The highest BCUT2D eigenvalue weighted by atomic mass is 35.5. The number of rotatable bonds is 2. The van der Waals surface area contributed by atoms with Crippen LogP contribution in [0.1, 0.15) is 20.7 Å². The van der Waals surface area contributed by atoms with Gasteiger partial charge in [0.15, 0.2) is 0 Å². The number of carbonyl (C=O) groups is 2. The summed E-state index contributed by atoms with van der Waals surface area (Å²) in [7, 11) is 0. The molecule has 4 nitrogen and oxygen atoms in total. The second-order valence-electron chi connectivity index (χ2n) is 3.58. The normalized spacial score (nSPS) is 9.30. The average Bonchev–Trinajstić information content (AvgIpc) is 2.43. The molecule has 104 valence electrons. The van der Waals surface area contributed by atoms with E-state index in [4.69, 9.17) is 33.4 Å². The maximum atomic E-state index is 10.4. The SMILES string of the molecule is O=C(O)c1cccc(Cl)c1Cl.O=C(O)c1ccccc1. The molecule has 0 amide bonds. The van der Waals surface area contributed by atoms with Gasteiger partial charge in [-0.1, -0.05) is 47.5 Å². The molecule has 0 saturated heterocycles. The van der Waals surface area contributed by atoms with Crippen molar-refractivity contribution in [2.24, 2.45) is 0 Å². The largest absolute Gasteiger partial charge is 0.478 e. The second kappa shape index (κ2) is 7.53. The average molecular weight is 313 g/mol. The molecule has 0 bridgehead atoms. The fourth-order valence-corrected chi connectivity index (χ4v) is 1.63. The zero-order chi connectivity index (χ0) is 15.1. The van der Waals surface area contributed by atoms with E-state index in [9.17, 15) is 9.59 Å². The van der Waals surface area contributed by atoms with Crippen molar-refractivity contribution in [1.82, 2.24) is 0 Å². The number of aromatic carboxylic acids is 2. The molecule has 0 saturated carbocycles. The van der Waals surface area contributed by atoms with E-state index in [0.29, 0.717) is 5.56 Å². The van der Waals surface area contributed by atoms with Crippen molar-refractivity contribution >= 4 is 35.1 Å². The van der Waals surface area contributed by atoms with Crippen LogP contribution >= 0.6 is 23.2 Å². The van der Waals surface area contributed by atoms with Crippen molar-refractivity contribution in [1.29, 1.82) is 0 Å². The monoisotopic (exact) mass is 312 g/mol. The van der Waals surface area contributed by atoms with Crippen LogP contribution in [0.15, 0.2) is 48.5 Å². The molecule has 0 radical (unpaired) electrons. The molecule has 0 unspecified atom stereocenters. The predicted octanol–water partition coefficient (Wildman–Crippen LogP) is 4.08. The van der Waals surface area contributed by atoms with Crippen molar-refractivity contribution < 1.29 is 19.8 Å². The molecule has 0 fully saturated rings. The van der Waals surface area contributed by atoms with Crippen LogP contribution in [0.3, 0.4) is 0 Å². The Bertz CT molecular complexity index is 612. The molecule has 2 N–H and O–H groups in total. The molecule has 0 aromatic heterocycles. The first kappa shape index (κ1) is 16.0. The van der Waals surface area contributed by atoms with Gasteiger partial charge in [0.2, 0.25) is 0 Å². The van der Waals surface area contributed by atoms with Crippen LogP contribution in [0.25, 0.3) is 0 Å². The Morgan fingerprint density at radius 3 is 1.80 bits per heavy atom. The van der Waals surface area contributed by atoms with Crippen LogP contribution in [-0.4, -0.2) is 22.2 Å². The molecule has 0 aliphatic rings. The smallest absolute Gasteiger partial charge is 0.337 e. The topological polar surface area (TPSA) is 74.6 Å². The van der Waals surface area contributed by atoms with Crippen LogP contribution in [0, 0.1) is 0 Å². The van der Waals surface area contributed by atoms with Gasteiger partial charge in [-0.2, -0.15) is 0 Å². The van der Waals surface area contributed by atoms with E-state index in [0.717, 1.165) is 0 Å². The van der Waals surface area contributed by atoms with Crippen molar-refractivity contribution in [3.05, 3.63) is 69.7 Å². The lowest BCUT2D eigenvalue weighted by molar-refractivity contribution is 0.0686. The first-order chi connectivity index (χ1) is 9.43. The number of carboxylic acid groups (broad SMARTS) is 2. The maximum Gasteiger partial charge on any atom is 0.337 e.